The Morgan fingerprint density at radius 3 is 2.19 bits per heavy atom. The van der Waals surface area contributed by atoms with Crippen LogP contribution in [0.4, 0.5) is 0 Å². The van der Waals surface area contributed by atoms with Gasteiger partial charge in [0.1, 0.15) is 5.75 Å². The first kappa shape index (κ1) is 13.0. The number of ether oxygens (including phenoxy) is 1. The molecule has 0 saturated heterocycles. The fraction of sp³-hybridized carbons (Fsp3) is 0.571. The van der Waals surface area contributed by atoms with Crippen molar-refractivity contribution in [3.05, 3.63) is 28.8 Å². The van der Waals surface area contributed by atoms with Gasteiger partial charge in [-0.25, -0.2) is 0 Å². The Kier molecular flexibility index (Phi) is 4.81. The molecule has 2 N–H and O–H groups in total. The Morgan fingerprint density at radius 1 is 1.19 bits per heavy atom. The van der Waals surface area contributed by atoms with Gasteiger partial charge in [-0.2, -0.15) is 0 Å². The zero-order valence-electron chi connectivity index (χ0n) is 10.8. The molecule has 0 fully saturated rings. The van der Waals surface area contributed by atoms with E-state index in [0.29, 0.717) is 12.5 Å². The minimum atomic E-state index is 0.591. The summed E-state index contributed by atoms with van der Waals surface area (Å²) in [6.45, 7) is 9.96. The molecule has 90 valence electrons. The summed E-state index contributed by atoms with van der Waals surface area (Å²) in [4.78, 5) is 0. The maximum absolute atomic E-state index is 5.84. The summed E-state index contributed by atoms with van der Waals surface area (Å²) in [5, 5.41) is 0. The van der Waals surface area contributed by atoms with Crippen molar-refractivity contribution < 1.29 is 4.74 Å². The minimum Gasteiger partial charge on any atom is -0.493 e. The van der Waals surface area contributed by atoms with Gasteiger partial charge < -0.3 is 10.5 Å². The number of hydrogen-bond donors (Lipinski definition) is 1. The van der Waals surface area contributed by atoms with Crippen LogP contribution in [0.2, 0.25) is 0 Å². The quantitative estimate of drug-likeness (QED) is 0.828. The average Bonchev–Trinajstić information content (AvgIpc) is 2.21. The second-order valence-corrected chi connectivity index (χ2v) is 4.79. The van der Waals surface area contributed by atoms with Crippen LogP contribution in [0.3, 0.4) is 0 Å². The van der Waals surface area contributed by atoms with Gasteiger partial charge in [0.05, 0.1) is 6.61 Å². The zero-order chi connectivity index (χ0) is 12.1. The van der Waals surface area contributed by atoms with Gasteiger partial charge in [0.15, 0.2) is 0 Å². The Balaban J connectivity index is 2.72. The number of aryl methyl sites for hydroxylation is 2. The van der Waals surface area contributed by atoms with E-state index in [9.17, 15) is 0 Å². The molecule has 1 aromatic carbocycles. The minimum absolute atomic E-state index is 0.591. The Morgan fingerprint density at radius 2 is 1.75 bits per heavy atom. The third-order valence-electron chi connectivity index (χ3n) is 2.70. The molecule has 0 aromatic heterocycles. The largest absolute Gasteiger partial charge is 0.493 e. The third kappa shape index (κ3) is 3.53. The molecule has 0 atom stereocenters. The van der Waals surface area contributed by atoms with Crippen LogP contribution in [0.1, 0.15) is 37.0 Å². The van der Waals surface area contributed by atoms with Crippen LogP contribution in [-0.2, 0) is 6.54 Å². The highest BCUT2D eigenvalue weighted by Crippen LogP contribution is 2.25. The van der Waals surface area contributed by atoms with Crippen molar-refractivity contribution in [2.75, 3.05) is 6.61 Å². The van der Waals surface area contributed by atoms with Gasteiger partial charge in [-0.1, -0.05) is 26.0 Å². The molecule has 1 rings (SSSR count). The van der Waals surface area contributed by atoms with Crippen molar-refractivity contribution in [2.45, 2.75) is 40.7 Å². The molecule has 2 nitrogen and oxygen atoms in total. The Hall–Kier alpha value is -1.02. The topological polar surface area (TPSA) is 35.2 Å². The fourth-order valence-corrected chi connectivity index (χ4v) is 1.78. The summed E-state index contributed by atoms with van der Waals surface area (Å²) in [6, 6.07) is 4.22. The van der Waals surface area contributed by atoms with Crippen molar-refractivity contribution >= 4 is 0 Å². The van der Waals surface area contributed by atoms with Gasteiger partial charge in [-0.15, -0.1) is 0 Å². The standard InChI is InChI=1S/C14H23NO/c1-10(2)5-6-16-14-11(3)7-13(9-15)8-12(14)4/h7-8,10H,5-6,9,15H2,1-4H3. The highest BCUT2D eigenvalue weighted by atomic mass is 16.5. The summed E-state index contributed by atoms with van der Waals surface area (Å²) in [5.41, 5.74) is 9.18. The second kappa shape index (κ2) is 5.90. The molecule has 0 saturated carbocycles. The van der Waals surface area contributed by atoms with Gasteiger partial charge in [0.25, 0.3) is 0 Å². The summed E-state index contributed by atoms with van der Waals surface area (Å²) in [7, 11) is 0. The molecule has 2 heteroatoms. The zero-order valence-corrected chi connectivity index (χ0v) is 10.8. The first-order valence-electron chi connectivity index (χ1n) is 5.97. The molecule has 0 aliphatic carbocycles. The molecule has 0 spiro atoms. The van der Waals surface area contributed by atoms with Gasteiger partial charge in [0, 0.05) is 6.54 Å². The van der Waals surface area contributed by atoms with Crippen molar-refractivity contribution in [1.29, 1.82) is 0 Å². The maximum Gasteiger partial charge on any atom is 0.125 e. The number of hydrogen-bond acceptors (Lipinski definition) is 2. The molecule has 0 aliphatic heterocycles. The van der Waals surface area contributed by atoms with Crippen molar-refractivity contribution in [3.63, 3.8) is 0 Å². The van der Waals surface area contributed by atoms with Crippen LogP contribution in [0, 0.1) is 19.8 Å². The maximum atomic E-state index is 5.84. The van der Waals surface area contributed by atoms with E-state index in [4.69, 9.17) is 10.5 Å². The lowest BCUT2D eigenvalue weighted by Gasteiger charge is -2.14. The first-order valence-corrected chi connectivity index (χ1v) is 5.97. The monoisotopic (exact) mass is 221 g/mol. The molecule has 1 aromatic rings. The van der Waals surface area contributed by atoms with E-state index in [1.165, 1.54) is 16.7 Å². The van der Waals surface area contributed by atoms with Crippen LogP contribution in [-0.4, -0.2) is 6.61 Å². The second-order valence-electron chi connectivity index (χ2n) is 4.79. The van der Waals surface area contributed by atoms with E-state index in [-0.39, 0.29) is 0 Å². The lowest BCUT2D eigenvalue weighted by molar-refractivity contribution is 0.286. The van der Waals surface area contributed by atoms with Crippen LogP contribution in [0.5, 0.6) is 5.75 Å². The molecule has 0 amide bonds. The first-order chi connectivity index (χ1) is 7.54. The fourth-order valence-electron chi connectivity index (χ4n) is 1.78. The molecule has 0 bridgehead atoms. The predicted octanol–water partition coefficient (Wildman–Crippen LogP) is 3.19. The van der Waals surface area contributed by atoms with Gasteiger partial charge >= 0.3 is 0 Å². The molecule has 0 heterocycles. The average molecular weight is 221 g/mol. The van der Waals surface area contributed by atoms with Crippen LogP contribution in [0.15, 0.2) is 12.1 Å². The van der Waals surface area contributed by atoms with E-state index in [1.807, 2.05) is 0 Å². The molecular weight excluding hydrogens is 198 g/mol. The van der Waals surface area contributed by atoms with Gasteiger partial charge in [-0.05, 0) is 42.9 Å². The number of benzene rings is 1. The van der Waals surface area contributed by atoms with Crippen molar-refractivity contribution in [2.24, 2.45) is 11.7 Å². The van der Waals surface area contributed by atoms with Gasteiger partial charge in [-0.3, -0.25) is 0 Å². The van der Waals surface area contributed by atoms with E-state index >= 15 is 0 Å². The lowest BCUT2D eigenvalue weighted by atomic mass is 10.1. The van der Waals surface area contributed by atoms with E-state index in [2.05, 4.69) is 39.8 Å². The lowest BCUT2D eigenvalue weighted by Crippen LogP contribution is -2.05. The highest BCUT2D eigenvalue weighted by Gasteiger charge is 2.06. The van der Waals surface area contributed by atoms with Crippen molar-refractivity contribution in [3.8, 4) is 5.75 Å². The normalized spacial score (nSPS) is 10.9. The molecule has 0 radical (unpaired) electrons. The van der Waals surface area contributed by atoms with E-state index < -0.39 is 0 Å². The molecule has 0 unspecified atom stereocenters. The third-order valence-corrected chi connectivity index (χ3v) is 2.70. The molecule has 16 heavy (non-hydrogen) atoms. The number of rotatable bonds is 5. The van der Waals surface area contributed by atoms with Gasteiger partial charge in [0.2, 0.25) is 0 Å². The number of nitrogens with two attached hydrogens (primary N) is 1. The summed E-state index contributed by atoms with van der Waals surface area (Å²) >= 11 is 0. The summed E-state index contributed by atoms with van der Waals surface area (Å²) in [6.07, 6.45) is 1.09. The summed E-state index contributed by atoms with van der Waals surface area (Å²) < 4.78 is 5.84. The van der Waals surface area contributed by atoms with E-state index in [1.54, 1.807) is 0 Å². The predicted molar refractivity (Wildman–Crippen MR) is 68.8 cm³/mol. The van der Waals surface area contributed by atoms with Crippen molar-refractivity contribution in [1.82, 2.24) is 0 Å². The smallest absolute Gasteiger partial charge is 0.125 e. The Bertz CT molecular complexity index is 322. The van der Waals surface area contributed by atoms with Crippen LogP contribution in [0.25, 0.3) is 0 Å². The van der Waals surface area contributed by atoms with Crippen LogP contribution < -0.4 is 10.5 Å². The Labute approximate surface area is 98.8 Å². The molecule has 0 aliphatic rings. The van der Waals surface area contributed by atoms with Crippen LogP contribution >= 0.6 is 0 Å². The highest BCUT2D eigenvalue weighted by molar-refractivity contribution is 5.43. The summed E-state index contributed by atoms with van der Waals surface area (Å²) in [5.74, 6) is 1.71. The SMILES string of the molecule is Cc1cc(CN)cc(C)c1OCCC(C)C. The molecular formula is C14H23NO. The van der Waals surface area contributed by atoms with E-state index in [0.717, 1.165) is 18.8 Å².